The molecule has 0 unspecified atom stereocenters. The lowest BCUT2D eigenvalue weighted by Gasteiger charge is -2.03. The molecule has 70 valence electrons. The molecular formula is C7H20ClN3. The van der Waals surface area contributed by atoms with Gasteiger partial charge in [-0.05, 0) is 13.0 Å². The van der Waals surface area contributed by atoms with Crippen molar-refractivity contribution in [1.82, 2.24) is 10.6 Å². The smallest absolute Gasteiger partial charge is 0.00772 e. The summed E-state index contributed by atoms with van der Waals surface area (Å²) < 4.78 is 0. The van der Waals surface area contributed by atoms with E-state index in [1.807, 2.05) is 0 Å². The third-order valence-electron chi connectivity index (χ3n) is 1.23. The maximum Gasteiger partial charge on any atom is 0.00772 e. The quantitative estimate of drug-likeness (QED) is 0.483. The molecule has 0 saturated heterocycles. The number of hydrogen-bond donors (Lipinski definition) is 3. The molecule has 0 saturated carbocycles. The van der Waals surface area contributed by atoms with Crippen LogP contribution in [-0.4, -0.2) is 32.7 Å². The molecule has 0 aliphatic carbocycles. The average molecular weight is 182 g/mol. The van der Waals surface area contributed by atoms with E-state index >= 15 is 0 Å². The number of nitrogens with two attached hydrogens (primary N) is 1. The summed E-state index contributed by atoms with van der Waals surface area (Å²) in [5.41, 5.74) is 5.29. The zero-order valence-electron chi connectivity index (χ0n) is 7.23. The molecule has 11 heavy (non-hydrogen) atoms. The molecular weight excluding hydrogens is 162 g/mol. The topological polar surface area (TPSA) is 50.1 Å². The molecule has 0 bridgehead atoms. The molecule has 4 heteroatoms. The fraction of sp³-hybridized carbons (Fsp3) is 1.00. The summed E-state index contributed by atoms with van der Waals surface area (Å²) in [6, 6.07) is 0. The largest absolute Gasteiger partial charge is 0.329 e. The first-order chi connectivity index (χ1) is 4.91. The Kier molecular flexibility index (Phi) is 16.0. The SMILES string of the molecule is CCCNCCNCCN.Cl. The van der Waals surface area contributed by atoms with Crippen LogP contribution in [0.25, 0.3) is 0 Å². The lowest BCUT2D eigenvalue weighted by molar-refractivity contribution is 0.610. The van der Waals surface area contributed by atoms with E-state index in [-0.39, 0.29) is 12.4 Å². The lowest BCUT2D eigenvalue weighted by Crippen LogP contribution is -2.30. The van der Waals surface area contributed by atoms with Crippen LogP contribution in [0.4, 0.5) is 0 Å². The Morgan fingerprint density at radius 1 is 1.00 bits per heavy atom. The van der Waals surface area contributed by atoms with Crippen LogP contribution >= 0.6 is 12.4 Å². The Hall–Kier alpha value is 0.170. The molecule has 0 aromatic rings. The minimum Gasteiger partial charge on any atom is -0.329 e. The second-order valence-electron chi connectivity index (χ2n) is 2.29. The van der Waals surface area contributed by atoms with Crippen LogP contribution in [0, 0.1) is 0 Å². The Morgan fingerprint density at radius 2 is 1.55 bits per heavy atom. The Morgan fingerprint density at radius 3 is 2.00 bits per heavy atom. The van der Waals surface area contributed by atoms with E-state index in [0.29, 0.717) is 0 Å². The van der Waals surface area contributed by atoms with Crippen molar-refractivity contribution in [2.45, 2.75) is 13.3 Å². The minimum atomic E-state index is 0. The van der Waals surface area contributed by atoms with E-state index in [2.05, 4.69) is 17.6 Å². The zero-order valence-corrected chi connectivity index (χ0v) is 8.04. The standard InChI is InChI=1S/C7H19N3.ClH/c1-2-4-9-6-7-10-5-3-8;/h9-10H,2-8H2,1H3;1H. The molecule has 0 radical (unpaired) electrons. The first-order valence-electron chi connectivity index (χ1n) is 4.03. The van der Waals surface area contributed by atoms with E-state index in [1.54, 1.807) is 0 Å². The fourth-order valence-electron chi connectivity index (χ4n) is 0.706. The van der Waals surface area contributed by atoms with E-state index in [4.69, 9.17) is 5.73 Å². The number of nitrogens with one attached hydrogen (secondary N) is 2. The van der Waals surface area contributed by atoms with Crippen LogP contribution in [0.1, 0.15) is 13.3 Å². The Balaban J connectivity index is 0. The van der Waals surface area contributed by atoms with Gasteiger partial charge in [-0.15, -0.1) is 12.4 Å². The molecule has 4 N–H and O–H groups in total. The molecule has 0 aromatic carbocycles. The van der Waals surface area contributed by atoms with Crippen molar-refractivity contribution in [3.05, 3.63) is 0 Å². The predicted molar refractivity (Wildman–Crippen MR) is 52.3 cm³/mol. The summed E-state index contributed by atoms with van der Waals surface area (Å²) in [6.07, 6.45) is 1.21. The van der Waals surface area contributed by atoms with Crippen molar-refractivity contribution < 1.29 is 0 Å². The average Bonchev–Trinajstić information content (AvgIpc) is 1.97. The van der Waals surface area contributed by atoms with Gasteiger partial charge in [0, 0.05) is 26.2 Å². The van der Waals surface area contributed by atoms with E-state index in [0.717, 1.165) is 32.7 Å². The van der Waals surface area contributed by atoms with E-state index in [9.17, 15) is 0 Å². The highest BCUT2D eigenvalue weighted by atomic mass is 35.5. The maximum atomic E-state index is 5.29. The van der Waals surface area contributed by atoms with Crippen LogP contribution < -0.4 is 16.4 Å². The molecule has 0 rings (SSSR count). The van der Waals surface area contributed by atoms with Crippen LogP contribution in [0.15, 0.2) is 0 Å². The summed E-state index contributed by atoms with van der Waals surface area (Å²) in [6.45, 7) is 7.01. The molecule has 3 nitrogen and oxygen atoms in total. The van der Waals surface area contributed by atoms with Gasteiger partial charge in [0.05, 0.1) is 0 Å². The van der Waals surface area contributed by atoms with Crippen molar-refractivity contribution in [2.75, 3.05) is 32.7 Å². The predicted octanol–water partition coefficient (Wildman–Crippen LogP) is -0.0439. The van der Waals surface area contributed by atoms with Gasteiger partial charge >= 0.3 is 0 Å². The first-order valence-corrected chi connectivity index (χ1v) is 4.03. The molecule has 0 aromatic heterocycles. The molecule has 0 aliphatic heterocycles. The van der Waals surface area contributed by atoms with Gasteiger partial charge in [0.1, 0.15) is 0 Å². The monoisotopic (exact) mass is 181 g/mol. The molecule has 0 aliphatic rings. The highest BCUT2D eigenvalue weighted by Gasteiger charge is 1.83. The fourth-order valence-corrected chi connectivity index (χ4v) is 0.706. The van der Waals surface area contributed by atoms with Crippen LogP contribution in [0.5, 0.6) is 0 Å². The third-order valence-corrected chi connectivity index (χ3v) is 1.23. The van der Waals surface area contributed by atoms with Crippen molar-refractivity contribution in [3.63, 3.8) is 0 Å². The second kappa shape index (κ2) is 12.8. The molecule has 0 amide bonds. The number of rotatable bonds is 7. The van der Waals surface area contributed by atoms with Gasteiger partial charge in [-0.3, -0.25) is 0 Å². The Bertz CT molecular complexity index is 53.6. The van der Waals surface area contributed by atoms with Gasteiger partial charge < -0.3 is 16.4 Å². The van der Waals surface area contributed by atoms with Crippen LogP contribution in [0.2, 0.25) is 0 Å². The summed E-state index contributed by atoms with van der Waals surface area (Å²) in [7, 11) is 0. The van der Waals surface area contributed by atoms with Gasteiger partial charge in [-0.25, -0.2) is 0 Å². The third kappa shape index (κ3) is 13.2. The summed E-state index contributed by atoms with van der Waals surface area (Å²) in [4.78, 5) is 0. The summed E-state index contributed by atoms with van der Waals surface area (Å²) in [5.74, 6) is 0. The zero-order chi connectivity index (χ0) is 7.66. The lowest BCUT2D eigenvalue weighted by atomic mass is 10.4. The van der Waals surface area contributed by atoms with Gasteiger partial charge in [0.15, 0.2) is 0 Å². The second-order valence-corrected chi connectivity index (χ2v) is 2.29. The van der Waals surface area contributed by atoms with Crippen molar-refractivity contribution in [1.29, 1.82) is 0 Å². The highest BCUT2D eigenvalue weighted by Crippen LogP contribution is 1.67. The van der Waals surface area contributed by atoms with Crippen molar-refractivity contribution >= 4 is 12.4 Å². The number of halogens is 1. The van der Waals surface area contributed by atoms with Crippen LogP contribution in [-0.2, 0) is 0 Å². The Labute approximate surface area is 75.5 Å². The van der Waals surface area contributed by atoms with Crippen LogP contribution in [0.3, 0.4) is 0 Å². The molecule has 0 spiro atoms. The van der Waals surface area contributed by atoms with Gasteiger partial charge in [0.2, 0.25) is 0 Å². The maximum absolute atomic E-state index is 5.29. The minimum absolute atomic E-state index is 0. The summed E-state index contributed by atoms with van der Waals surface area (Å²) in [5, 5.41) is 6.50. The number of hydrogen-bond acceptors (Lipinski definition) is 3. The molecule has 0 atom stereocenters. The highest BCUT2D eigenvalue weighted by molar-refractivity contribution is 5.85. The molecule has 0 fully saturated rings. The molecule has 0 heterocycles. The first kappa shape index (κ1) is 13.7. The van der Waals surface area contributed by atoms with Gasteiger partial charge in [0.25, 0.3) is 0 Å². The summed E-state index contributed by atoms with van der Waals surface area (Å²) >= 11 is 0. The van der Waals surface area contributed by atoms with Crippen molar-refractivity contribution in [2.24, 2.45) is 5.73 Å². The van der Waals surface area contributed by atoms with E-state index in [1.165, 1.54) is 6.42 Å². The van der Waals surface area contributed by atoms with E-state index < -0.39 is 0 Å². The van der Waals surface area contributed by atoms with Gasteiger partial charge in [-0.1, -0.05) is 6.92 Å². The van der Waals surface area contributed by atoms with Crippen molar-refractivity contribution in [3.8, 4) is 0 Å². The normalized spacial score (nSPS) is 9.27. The van der Waals surface area contributed by atoms with Gasteiger partial charge in [-0.2, -0.15) is 0 Å².